The average Bonchev–Trinajstić information content (AvgIpc) is 3.34. The minimum absolute atomic E-state index is 0.0255. The third kappa shape index (κ3) is 4.56. The number of carbonyl (C=O) groups excluding carboxylic acids is 1. The minimum Gasteiger partial charge on any atom is -0.495 e. The van der Waals surface area contributed by atoms with Crippen LogP contribution in [-0.2, 0) is 10.0 Å². The average molecular weight is 441 g/mol. The van der Waals surface area contributed by atoms with E-state index in [-0.39, 0.29) is 10.8 Å². The Labute approximate surface area is 181 Å². The Morgan fingerprint density at radius 3 is 2.61 bits per heavy atom. The quantitative estimate of drug-likeness (QED) is 0.635. The van der Waals surface area contributed by atoms with Crippen molar-refractivity contribution in [2.45, 2.75) is 23.8 Å². The Balaban J connectivity index is 1.48. The number of rotatable bonds is 6. The van der Waals surface area contributed by atoms with Crippen LogP contribution in [0.15, 0.2) is 72.1 Å². The molecule has 0 aliphatic carbocycles. The Morgan fingerprint density at radius 2 is 1.90 bits per heavy atom. The maximum atomic E-state index is 13.0. The molecule has 1 N–H and O–H groups in total. The zero-order valence-corrected chi connectivity index (χ0v) is 18.0. The number of hydrogen-bond donors (Lipinski definition) is 1. The van der Waals surface area contributed by atoms with Crippen LogP contribution >= 0.6 is 0 Å². The predicted octanol–water partition coefficient (Wildman–Crippen LogP) is 3.17. The number of ether oxygens (including phenoxy) is 1. The number of hydrogen-bond acceptors (Lipinski definition) is 5. The van der Waals surface area contributed by atoms with Crippen LogP contribution in [0, 0.1) is 0 Å². The highest BCUT2D eigenvalue weighted by Gasteiger charge is 2.25. The number of nitrogens with zero attached hydrogens (tertiary/aromatic N) is 3. The normalized spacial score (nSPS) is 14.9. The molecule has 2 heterocycles. The van der Waals surface area contributed by atoms with Gasteiger partial charge in [0.25, 0.3) is 15.9 Å². The van der Waals surface area contributed by atoms with Crippen LogP contribution < -0.4 is 9.46 Å². The standard InChI is InChI=1S/C22H24N4O4S/c1-30-21-8-3-2-7-20(21)24-31(28,29)19-6-4-5-17(15-19)22(27)25-12-9-18(10-13-25)26-14-11-23-16-26/h2-8,11,14-16,18,24H,9-10,12-13H2,1H3. The van der Waals surface area contributed by atoms with Crippen LogP contribution in [0.1, 0.15) is 29.2 Å². The van der Waals surface area contributed by atoms with Crippen molar-refractivity contribution in [1.82, 2.24) is 14.5 Å². The summed E-state index contributed by atoms with van der Waals surface area (Å²) >= 11 is 0. The molecule has 1 fully saturated rings. The Morgan fingerprint density at radius 1 is 1.13 bits per heavy atom. The van der Waals surface area contributed by atoms with Crippen molar-refractivity contribution in [2.75, 3.05) is 24.9 Å². The van der Waals surface area contributed by atoms with Gasteiger partial charge in [-0.1, -0.05) is 18.2 Å². The number of aromatic nitrogens is 2. The molecule has 4 rings (SSSR count). The van der Waals surface area contributed by atoms with Crippen molar-refractivity contribution in [3.63, 3.8) is 0 Å². The Hall–Kier alpha value is -3.33. The molecular weight excluding hydrogens is 416 g/mol. The van der Waals surface area contributed by atoms with Crippen molar-refractivity contribution in [1.29, 1.82) is 0 Å². The van der Waals surface area contributed by atoms with Gasteiger partial charge in [-0.3, -0.25) is 9.52 Å². The van der Waals surface area contributed by atoms with Crippen LogP contribution in [0.25, 0.3) is 0 Å². The van der Waals surface area contributed by atoms with Gasteiger partial charge in [-0.2, -0.15) is 0 Å². The zero-order valence-electron chi connectivity index (χ0n) is 17.1. The third-order valence-electron chi connectivity index (χ3n) is 5.44. The first kappa shape index (κ1) is 20.9. The van der Waals surface area contributed by atoms with E-state index in [4.69, 9.17) is 4.74 Å². The number of likely N-dealkylation sites (tertiary alicyclic amines) is 1. The summed E-state index contributed by atoms with van der Waals surface area (Å²) in [5.74, 6) is 0.248. The summed E-state index contributed by atoms with van der Waals surface area (Å²) in [5.41, 5.74) is 0.687. The molecule has 0 saturated carbocycles. The lowest BCUT2D eigenvalue weighted by atomic mass is 10.0. The molecule has 1 aromatic heterocycles. The summed E-state index contributed by atoms with van der Waals surface area (Å²) in [6, 6.07) is 13.2. The molecule has 0 radical (unpaired) electrons. The highest BCUT2D eigenvalue weighted by Crippen LogP contribution is 2.27. The van der Waals surface area contributed by atoms with Gasteiger partial charge in [0.05, 0.1) is 24.0 Å². The summed E-state index contributed by atoms with van der Waals surface area (Å²) in [6.45, 7) is 1.22. The maximum absolute atomic E-state index is 13.0. The number of imidazole rings is 1. The zero-order chi connectivity index (χ0) is 21.8. The molecule has 1 saturated heterocycles. The molecule has 1 aliphatic rings. The van der Waals surface area contributed by atoms with Gasteiger partial charge in [0.1, 0.15) is 5.75 Å². The van der Waals surface area contributed by atoms with Gasteiger partial charge < -0.3 is 14.2 Å². The fourth-order valence-corrected chi connectivity index (χ4v) is 4.88. The molecular formula is C22H24N4O4S. The second kappa shape index (κ2) is 8.81. The van der Waals surface area contributed by atoms with E-state index in [1.54, 1.807) is 53.8 Å². The van der Waals surface area contributed by atoms with E-state index in [0.717, 1.165) is 12.8 Å². The highest BCUT2D eigenvalue weighted by molar-refractivity contribution is 7.92. The largest absolute Gasteiger partial charge is 0.495 e. The summed E-state index contributed by atoms with van der Waals surface area (Å²) < 4.78 is 35.6. The van der Waals surface area contributed by atoms with Crippen molar-refractivity contribution in [2.24, 2.45) is 0 Å². The van der Waals surface area contributed by atoms with E-state index in [1.165, 1.54) is 19.2 Å². The highest BCUT2D eigenvalue weighted by atomic mass is 32.2. The molecule has 3 aromatic rings. The van der Waals surface area contributed by atoms with Crippen LogP contribution in [-0.4, -0.2) is 49.0 Å². The van der Waals surface area contributed by atoms with Gasteiger partial charge in [0.15, 0.2) is 0 Å². The number of methoxy groups -OCH3 is 1. The van der Waals surface area contributed by atoms with Gasteiger partial charge >= 0.3 is 0 Å². The van der Waals surface area contributed by atoms with E-state index >= 15 is 0 Å². The Kier molecular flexibility index (Phi) is 5.94. The second-order valence-electron chi connectivity index (χ2n) is 7.37. The number of nitrogens with one attached hydrogen (secondary N) is 1. The molecule has 0 unspecified atom stereocenters. The fourth-order valence-electron chi connectivity index (χ4n) is 3.76. The van der Waals surface area contributed by atoms with Crippen molar-refractivity contribution < 1.29 is 17.9 Å². The van der Waals surface area contributed by atoms with Gasteiger partial charge in [-0.15, -0.1) is 0 Å². The van der Waals surface area contributed by atoms with Crippen LogP contribution in [0.2, 0.25) is 0 Å². The summed E-state index contributed by atoms with van der Waals surface area (Å²) in [5, 5.41) is 0. The topological polar surface area (TPSA) is 93.5 Å². The number of carbonyl (C=O) groups is 1. The van der Waals surface area contributed by atoms with E-state index in [2.05, 4.69) is 14.3 Å². The van der Waals surface area contributed by atoms with Gasteiger partial charge in [-0.25, -0.2) is 13.4 Å². The molecule has 162 valence electrons. The number of para-hydroxylation sites is 2. The first-order valence-electron chi connectivity index (χ1n) is 10.0. The predicted molar refractivity (Wildman–Crippen MR) is 117 cm³/mol. The smallest absolute Gasteiger partial charge is 0.262 e. The fraction of sp³-hybridized carbons (Fsp3) is 0.273. The lowest BCUT2D eigenvalue weighted by molar-refractivity contribution is 0.0694. The van der Waals surface area contributed by atoms with Gasteiger partial charge in [0.2, 0.25) is 0 Å². The molecule has 1 amide bonds. The molecule has 1 aliphatic heterocycles. The third-order valence-corrected chi connectivity index (χ3v) is 6.80. The number of amides is 1. The van der Waals surface area contributed by atoms with Crippen molar-refractivity contribution in [3.8, 4) is 5.75 Å². The number of anilines is 1. The van der Waals surface area contributed by atoms with E-state index < -0.39 is 10.0 Å². The molecule has 9 heteroatoms. The number of sulfonamides is 1. The van der Waals surface area contributed by atoms with Crippen molar-refractivity contribution in [3.05, 3.63) is 72.8 Å². The second-order valence-corrected chi connectivity index (χ2v) is 9.05. The van der Waals surface area contributed by atoms with Gasteiger partial charge in [-0.05, 0) is 43.2 Å². The van der Waals surface area contributed by atoms with Crippen LogP contribution in [0.3, 0.4) is 0 Å². The van der Waals surface area contributed by atoms with Crippen molar-refractivity contribution >= 4 is 21.6 Å². The van der Waals surface area contributed by atoms with E-state index in [9.17, 15) is 13.2 Å². The molecule has 31 heavy (non-hydrogen) atoms. The van der Waals surface area contributed by atoms with Crippen LogP contribution in [0.4, 0.5) is 5.69 Å². The van der Waals surface area contributed by atoms with Gasteiger partial charge in [0, 0.05) is 37.1 Å². The Bertz CT molecular complexity index is 1150. The van der Waals surface area contributed by atoms with Crippen LogP contribution in [0.5, 0.6) is 5.75 Å². The number of piperidine rings is 1. The van der Waals surface area contributed by atoms with E-state index in [0.29, 0.717) is 36.1 Å². The number of benzene rings is 2. The first-order valence-corrected chi connectivity index (χ1v) is 11.5. The SMILES string of the molecule is COc1ccccc1NS(=O)(=O)c1cccc(C(=O)N2CCC(n3ccnc3)CC2)c1. The maximum Gasteiger partial charge on any atom is 0.262 e. The summed E-state index contributed by atoms with van der Waals surface area (Å²) in [4.78, 5) is 18.9. The lowest BCUT2D eigenvalue weighted by Gasteiger charge is -2.32. The molecule has 0 atom stereocenters. The molecule has 0 bridgehead atoms. The first-order chi connectivity index (χ1) is 15.0. The monoisotopic (exact) mass is 440 g/mol. The van der Waals surface area contributed by atoms with E-state index in [1.807, 2.05) is 6.20 Å². The summed E-state index contributed by atoms with van der Waals surface area (Å²) in [6.07, 6.45) is 7.14. The summed E-state index contributed by atoms with van der Waals surface area (Å²) in [7, 11) is -2.41. The molecule has 0 spiro atoms. The molecule has 8 nitrogen and oxygen atoms in total. The molecule has 2 aromatic carbocycles. The minimum atomic E-state index is -3.88. The lowest BCUT2D eigenvalue weighted by Crippen LogP contribution is -2.39.